The predicted molar refractivity (Wildman–Crippen MR) is 82.5 cm³/mol. The second-order valence-corrected chi connectivity index (χ2v) is 5.33. The van der Waals surface area contributed by atoms with Crippen LogP contribution in [0.5, 0.6) is 5.75 Å². The number of halogens is 1. The molecule has 19 heavy (non-hydrogen) atoms. The normalized spacial score (nSPS) is 12.2. The molecule has 2 aromatic rings. The van der Waals surface area contributed by atoms with Gasteiger partial charge in [0.25, 0.3) is 0 Å². The fourth-order valence-corrected chi connectivity index (χ4v) is 2.59. The molecule has 2 nitrogen and oxygen atoms in total. The molecule has 2 rings (SSSR count). The van der Waals surface area contributed by atoms with Crippen molar-refractivity contribution in [2.45, 2.75) is 19.9 Å². The molecule has 100 valence electrons. The fraction of sp³-hybridized carbons (Fsp3) is 0.250. The third-order valence-electron chi connectivity index (χ3n) is 3.04. The van der Waals surface area contributed by atoms with E-state index in [0.717, 1.165) is 21.3 Å². The van der Waals surface area contributed by atoms with Gasteiger partial charge in [-0.2, -0.15) is 0 Å². The highest BCUT2D eigenvalue weighted by molar-refractivity contribution is 9.10. The van der Waals surface area contributed by atoms with Crippen LogP contribution in [0.2, 0.25) is 0 Å². The van der Waals surface area contributed by atoms with Crippen LogP contribution in [0.15, 0.2) is 46.9 Å². The van der Waals surface area contributed by atoms with Gasteiger partial charge in [-0.25, -0.2) is 0 Å². The Kier molecular flexibility index (Phi) is 4.61. The number of nitrogens with two attached hydrogens (primary N) is 1. The number of ether oxygens (including phenoxy) is 1. The first-order chi connectivity index (χ1) is 9.13. The van der Waals surface area contributed by atoms with Crippen LogP contribution in [-0.2, 0) is 0 Å². The molecule has 0 heterocycles. The largest absolute Gasteiger partial charge is 0.494 e. The molecule has 0 aliphatic carbocycles. The van der Waals surface area contributed by atoms with E-state index in [1.54, 1.807) is 0 Å². The summed E-state index contributed by atoms with van der Waals surface area (Å²) < 4.78 is 6.68. The maximum atomic E-state index is 6.41. The Morgan fingerprint density at radius 3 is 2.63 bits per heavy atom. The van der Waals surface area contributed by atoms with Crippen LogP contribution in [0.4, 0.5) is 0 Å². The van der Waals surface area contributed by atoms with E-state index in [1.165, 1.54) is 5.56 Å². The highest BCUT2D eigenvalue weighted by atomic mass is 79.9. The molecule has 0 fully saturated rings. The van der Waals surface area contributed by atoms with E-state index in [4.69, 9.17) is 10.5 Å². The molecular formula is C16H18BrNO. The van der Waals surface area contributed by atoms with E-state index in [0.29, 0.717) is 6.61 Å². The average Bonchev–Trinajstić information content (AvgIpc) is 2.42. The van der Waals surface area contributed by atoms with Gasteiger partial charge in [-0.15, -0.1) is 0 Å². The minimum atomic E-state index is -0.197. The number of hydrogen-bond donors (Lipinski definition) is 1. The number of benzene rings is 2. The first-order valence-electron chi connectivity index (χ1n) is 6.36. The topological polar surface area (TPSA) is 35.2 Å². The van der Waals surface area contributed by atoms with E-state index >= 15 is 0 Å². The average molecular weight is 320 g/mol. The zero-order valence-corrected chi connectivity index (χ0v) is 12.8. The lowest BCUT2D eigenvalue weighted by Crippen LogP contribution is -2.14. The molecule has 1 atom stereocenters. The fourth-order valence-electron chi connectivity index (χ4n) is 2.09. The quantitative estimate of drug-likeness (QED) is 0.916. The number of para-hydroxylation sites is 1. The van der Waals surface area contributed by atoms with Gasteiger partial charge in [0.2, 0.25) is 0 Å². The van der Waals surface area contributed by atoms with Crippen molar-refractivity contribution in [1.82, 2.24) is 0 Å². The molecule has 1 unspecified atom stereocenters. The van der Waals surface area contributed by atoms with E-state index < -0.39 is 0 Å². The maximum absolute atomic E-state index is 6.41. The molecule has 0 amide bonds. The Labute approximate surface area is 122 Å². The summed E-state index contributed by atoms with van der Waals surface area (Å²) in [7, 11) is 0. The van der Waals surface area contributed by atoms with Crippen molar-refractivity contribution in [3.63, 3.8) is 0 Å². The summed E-state index contributed by atoms with van der Waals surface area (Å²) >= 11 is 3.57. The van der Waals surface area contributed by atoms with Gasteiger partial charge in [0.15, 0.2) is 0 Å². The van der Waals surface area contributed by atoms with Gasteiger partial charge in [0.1, 0.15) is 5.75 Å². The second kappa shape index (κ2) is 6.22. The molecule has 0 saturated heterocycles. The second-order valence-electron chi connectivity index (χ2n) is 4.47. The standard InChI is InChI=1S/C16H18BrNO/c1-3-19-15-7-5-4-6-12(15)16(18)13-10-11(2)8-9-14(13)17/h4-10,16H,3,18H2,1-2H3. The van der Waals surface area contributed by atoms with Gasteiger partial charge >= 0.3 is 0 Å². The van der Waals surface area contributed by atoms with Gasteiger partial charge in [-0.05, 0) is 31.5 Å². The van der Waals surface area contributed by atoms with Crippen LogP contribution in [0.1, 0.15) is 29.7 Å². The summed E-state index contributed by atoms with van der Waals surface area (Å²) in [4.78, 5) is 0. The molecule has 0 spiro atoms. The van der Waals surface area contributed by atoms with Crippen molar-refractivity contribution < 1.29 is 4.74 Å². The molecule has 2 N–H and O–H groups in total. The van der Waals surface area contributed by atoms with Gasteiger partial charge in [-0.3, -0.25) is 0 Å². The molecule has 0 radical (unpaired) electrons. The Morgan fingerprint density at radius 1 is 1.16 bits per heavy atom. The molecule has 0 aromatic heterocycles. The summed E-state index contributed by atoms with van der Waals surface area (Å²) in [6, 6.07) is 13.9. The monoisotopic (exact) mass is 319 g/mol. The van der Waals surface area contributed by atoms with E-state index in [2.05, 4.69) is 35.0 Å². The molecule has 3 heteroatoms. The summed E-state index contributed by atoms with van der Waals surface area (Å²) in [5.41, 5.74) is 9.69. The smallest absolute Gasteiger partial charge is 0.124 e. The van der Waals surface area contributed by atoms with Crippen molar-refractivity contribution >= 4 is 15.9 Å². The van der Waals surface area contributed by atoms with E-state index in [-0.39, 0.29) is 6.04 Å². The van der Waals surface area contributed by atoms with Gasteiger partial charge < -0.3 is 10.5 Å². The third-order valence-corrected chi connectivity index (χ3v) is 3.76. The Balaban J connectivity index is 2.43. The first kappa shape index (κ1) is 14.1. The van der Waals surface area contributed by atoms with Crippen LogP contribution in [0, 0.1) is 6.92 Å². The lowest BCUT2D eigenvalue weighted by molar-refractivity contribution is 0.335. The minimum Gasteiger partial charge on any atom is -0.494 e. The summed E-state index contributed by atoms with van der Waals surface area (Å²) in [6.45, 7) is 4.68. The van der Waals surface area contributed by atoms with Crippen molar-refractivity contribution in [1.29, 1.82) is 0 Å². The number of rotatable bonds is 4. The Hall–Kier alpha value is -1.32. The summed E-state index contributed by atoms with van der Waals surface area (Å²) in [6.07, 6.45) is 0. The summed E-state index contributed by atoms with van der Waals surface area (Å²) in [5.74, 6) is 0.853. The number of hydrogen-bond acceptors (Lipinski definition) is 2. The molecule has 0 aliphatic rings. The SMILES string of the molecule is CCOc1ccccc1C(N)c1cc(C)ccc1Br. The van der Waals surface area contributed by atoms with Crippen LogP contribution < -0.4 is 10.5 Å². The van der Waals surface area contributed by atoms with Crippen LogP contribution in [-0.4, -0.2) is 6.61 Å². The lowest BCUT2D eigenvalue weighted by atomic mass is 9.97. The van der Waals surface area contributed by atoms with Crippen molar-refractivity contribution in [3.05, 3.63) is 63.6 Å². The highest BCUT2D eigenvalue weighted by Gasteiger charge is 2.16. The number of aryl methyl sites for hydroxylation is 1. The first-order valence-corrected chi connectivity index (χ1v) is 7.16. The zero-order valence-electron chi connectivity index (χ0n) is 11.2. The molecular weight excluding hydrogens is 302 g/mol. The van der Waals surface area contributed by atoms with Crippen molar-refractivity contribution in [3.8, 4) is 5.75 Å². The predicted octanol–water partition coefficient (Wildman–Crippen LogP) is 4.20. The van der Waals surface area contributed by atoms with Gasteiger partial charge in [0, 0.05) is 10.0 Å². The van der Waals surface area contributed by atoms with Crippen LogP contribution in [0.25, 0.3) is 0 Å². The third kappa shape index (κ3) is 3.17. The van der Waals surface area contributed by atoms with Crippen LogP contribution in [0.3, 0.4) is 0 Å². The molecule has 2 aromatic carbocycles. The minimum absolute atomic E-state index is 0.197. The zero-order chi connectivity index (χ0) is 13.8. The van der Waals surface area contributed by atoms with E-state index in [9.17, 15) is 0 Å². The van der Waals surface area contributed by atoms with Gasteiger partial charge in [-0.1, -0.05) is 51.8 Å². The maximum Gasteiger partial charge on any atom is 0.124 e. The molecule has 0 saturated carbocycles. The Morgan fingerprint density at radius 2 is 1.89 bits per heavy atom. The van der Waals surface area contributed by atoms with Crippen molar-refractivity contribution in [2.24, 2.45) is 5.73 Å². The summed E-state index contributed by atoms with van der Waals surface area (Å²) in [5, 5.41) is 0. The molecule has 0 aliphatic heterocycles. The molecule has 0 bridgehead atoms. The van der Waals surface area contributed by atoms with Gasteiger partial charge in [0.05, 0.1) is 12.6 Å². The van der Waals surface area contributed by atoms with Crippen molar-refractivity contribution in [2.75, 3.05) is 6.61 Å². The Bertz CT molecular complexity index is 568. The van der Waals surface area contributed by atoms with E-state index in [1.807, 2.05) is 37.3 Å². The lowest BCUT2D eigenvalue weighted by Gasteiger charge is -2.18. The van der Waals surface area contributed by atoms with Crippen LogP contribution >= 0.6 is 15.9 Å². The highest BCUT2D eigenvalue weighted by Crippen LogP contribution is 2.32.